The van der Waals surface area contributed by atoms with Crippen LogP contribution in [0.3, 0.4) is 0 Å². The number of hydrogen-bond donors (Lipinski definition) is 2. The fraction of sp³-hybridized carbons (Fsp3) is 0. The Hall–Kier alpha value is -2.16. The topological polar surface area (TPSA) is 105 Å². The van der Waals surface area contributed by atoms with Crippen molar-refractivity contribution < 1.29 is 14.8 Å². The van der Waals surface area contributed by atoms with Crippen LogP contribution in [0.2, 0.25) is 10.0 Å². The zero-order chi connectivity index (χ0) is 17.9. The Morgan fingerprint density at radius 2 is 2.00 bits per heavy atom. The molecule has 0 heterocycles. The van der Waals surface area contributed by atoms with E-state index in [1.807, 2.05) is 0 Å². The molecule has 0 saturated heterocycles. The Labute approximate surface area is 154 Å². The lowest BCUT2D eigenvalue weighted by Crippen LogP contribution is -2.17. The van der Waals surface area contributed by atoms with Crippen LogP contribution in [0.25, 0.3) is 0 Å². The van der Waals surface area contributed by atoms with Crippen molar-refractivity contribution in [3.05, 3.63) is 66.1 Å². The summed E-state index contributed by atoms with van der Waals surface area (Å²) in [5.74, 6) is -0.804. The standard InChI is InChI=1S/C14H8BrCl2N3O4/c15-10-5-9(20(23)24)3-8(13(10)21)6-18-19-14(22)7-1-2-11(16)12(17)4-7/h1-6,21H,(H,19,22)/b18-6-. The second kappa shape index (κ2) is 7.61. The van der Waals surface area contributed by atoms with Gasteiger partial charge in [-0.05, 0) is 34.1 Å². The van der Waals surface area contributed by atoms with Crippen molar-refractivity contribution in [1.29, 1.82) is 0 Å². The Morgan fingerprint density at radius 1 is 1.29 bits per heavy atom. The van der Waals surface area contributed by atoms with E-state index in [2.05, 4.69) is 26.5 Å². The van der Waals surface area contributed by atoms with Crippen LogP contribution < -0.4 is 5.43 Å². The predicted octanol–water partition coefficient (Wildman–Crippen LogP) is 4.13. The zero-order valence-electron chi connectivity index (χ0n) is 11.7. The van der Waals surface area contributed by atoms with E-state index in [9.17, 15) is 20.0 Å². The molecule has 0 aliphatic carbocycles. The number of carbonyl (C=O) groups excluding carboxylic acids is 1. The lowest BCUT2D eigenvalue weighted by Gasteiger charge is -2.03. The fourth-order valence-electron chi connectivity index (χ4n) is 1.67. The molecule has 10 heteroatoms. The maximum atomic E-state index is 11.9. The van der Waals surface area contributed by atoms with Crippen molar-refractivity contribution in [3.63, 3.8) is 0 Å². The third kappa shape index (κ3) is 4.22. The van der Waals surface area contributed by atoms with Crippen LogP contribution in [0, 0.1) is 10.1 Å². The van der Waals surface area contributed by atoms with Crippen LogP contribution in [0.4, 0.5) is 5.69 Å². The van der Waals surface area contributed by atoms with Crippen molar-refractivity contribution >= 4 is 56.9 Å². The van der Waals surface area contributed by atoms with Crippen molar-refractivity contribution in [2.45, 2.75) is 0 Å². The van der Waals surface area contributed by atoms with Crippen molar-refractivity contribution in [2.24, 2.45) is 5.10 Å². The number of nitrogens with one attached hydrogen (secondary N) is 1. The number of nitro benzene ring substituents is 1. The number of aromatic hydroxyl groups is 1. The summed E-state index contributed by atoms with van der Waals surface area (Å²) in [7, 11) is 0. The normalized spacial score (nSPS) is 10.8. The molecule has 0 aromatic heterocycles. The van der Waals surface area contributed by atoms with Gasteiger partial charge in [-0.15, -0.1) is 0 Å². The number of amides is 1. The fourth-order valence-corrected chi connectivity index (χ4v) is 2.43. The molecule has 0 radical (unpaired) electrons. The first kappa shape index (κ1) is 18.2. The number of nitrogens with zero attached hydrogens (tertiary/aromatic N) is 2. The lowest BCUT2D eigenvalue weighted by molar-refractivity contribution is -0.385. The van der Waals surface area contributed by atoms with Crippen LogP contribution in [0.5, 0.6) is 5.75 Å². The molecule has 1 amide bonds. The monoisotopic (exact) mass is 431 g/mol. The minimum Gasteiger partial charge on any atom is -0.506 e. The number of benzene rings is 2. The summed E-state index contributed by atoms with van der Waals surface area (Å²) in [6.45, 7) is 0. The number of nitro groups is 1. The molecular weight excluding hydrogens is 425 g/mol. The number of halogens is 3. The Kier molecular flexibility index (Phi) is 5.76. The average Bonchev–Trinajstić information content (AvgIpc) is 2.53. The number of carbonyl (C=O) groups is 1. The largest absolute Gasteiger partial charge is 0.506 e. The second-order valence-electron chi connectivity index (χ2n) is 4.45. The number of hydrogen-bond acceptors (Lipinski definition) is 5. The number of non-ortho nitro benzene ring substituents is 1. The van der Waals surface area contributed by atoms with Crippen molar-refractivity contribution in [3.8, 4) is 5.75 Å². The van der Waals surface area contributed by atoms with E-state index in [-0.39, 0.29) is 32.1 Å². The number of rotatable bonds is 4. The molecule has 24 heavy (non-hydrogen) atoms. The summed E-state index contributed by atoms with van der Waals surface area (Å²) in [6, 6.07) is 6.57. The highest BCUT2D eigenvalue weighted by atomic mass is 79.9. The molecular formula is C14H8BrCl2N3O4. The molecule has 2 N–H and O–H groups in total. The van der Waals surface area contributed by atoms with Crippen molar-refractivity contribution in [2.75, 3.05) is 0 Å². The van der Waals surface area contributed by atoms with Gasteiger partial charge in [-0.25, -0.2) is 5.43 Å². The van der Waals surface area contributed by atoms with Gasteiger partial charge in [-0.3, -0.25) is 14.9 Å². The van der Waals surface area contributed by atoms with E-state index in [1.165, 1.54) is 18.2 Å². The molecule has 0 fully saturated rings. The first-order valence-electron chi connectivity index (χ1n) is 6.25. The second-order valence-corrected chi connectivity index (χ2v) is 6.12. The summed E-state index contributed by atoms with van der Waals surface area (Å²) >= 11 is 14.6. The molecule has 2 rings (SSSR count). The summed E-state index contributed by atoms with van der Waals surface area (Å²) in [5.41, 5.74) is 2.27. The number of phenols is 1. The van der Waals surface area contributed by atoms with E-state index >= 15 is 0 Å². The van der Waals surface area contributed by atoms with Crippen LogP contribution in [0.15, 0.2) is 39.9 Å². The molecule has 0 aliphatic rings. The van der Waals surface area contributed by atoms with Crippen LogP contribution >= 0.6 is 39.1 Å². The molecule has 0 unspecified atom stereocenters. The Morgan fingerprint density at radius 3 is 2.62 bits per heavy atom. The lowest BCUT2D eigenvalue weighted by atomic mass is 10.2. The van der Waals surface area contributed by atoms with Gasteiger partial charge in [0.1, 0.15) is 5.75 Å². The highest BCUT2D eigenvalue weighted by Gasteiger charge is 2.14. The molecule has 124 valence electrons. The van der Waals surface area contributed by atoms with E-state index in [0.717, 1.165) is 18.3 Å². The first-order chi connectivity index (χ1) is 11.3. The molecule has 0 atom stereocenters. The average molecular weight is 433 g/mol. The van der Waals surface area contributed by atoms with E-state index < -0.39 is 10.8 Å². The van der Waals surface area contributed by atoms with E-state index in [4.69, 9.17) is 23.2 Å². The maximum absolute atomic E-state index is 11.9. The van der Waals surface area contributed by atoms with Gasteiger partial charge in [-0.1, -0.05) is 23.2 Å². The third-order valence-electron chi connectivity index (χ3n) is 2.84. The quantitative estimate of drug-likeness (QED) is 0.430. The Bertz CT molecular complexity index is 858. The molecule has 0 aliphatic heterocycles. The summed E-state index contributed by atoms with van der Waals surface area (Å²) in [4.78, 5) is 22.1. The van der Waals surface area contributed by atoms with Gasteiger partial charge in [0.15, 0.2) is 0 Å². The minimum absolute atomic E-state index is 0.0607. The van der Waals surface area contributed by atoms with Gasteiger partial charge < -0.3 is 5.11 Å². The molecule has 2 aromatic rings. The predicted molar refractivity (Wildman–Crippen MR) is 94.0 cm³/mol. The van der Waals surface area contributed by atoms with E-state index in [1.54, 1.807) is 0 Å². The van der Waals surface area contributed by atoms with Gasteiger partial charge in [0, 0.05) is 23.3 Å². The molecule has 0 saturated carbocycles. The molecule has 7 nitrogen and oxygen atoms in total. The molecule has 2 aromatic carbocycles. The highest BCUT2D eigenvalue weighted by Crippen LogP contribution is 2.31. The van der Waals surface area contributed by atoms with E-state index in [0.29, 0.717) is 5.02 Å². The first-order valence-corrected chi connectivity index (χ1v) is 7.80. The summed E-state index contributed by atoms with van der Waals surface area (Å²) in [6.07, 6.45) is 1.09. The van der Waals surface area contributed by atoms with Crippen LogP contribution in [0.1, 0.15) is 15.9 Å². The van der Waals surface area contributed by atoms with Gasteiger partial charge >= 0.3 is 0 Å². The van der Waals surface area contributed by atoms with Crippen molar-refractivity contribution in [1.82, 2.24) is 5.43 Å². The molecule has 0 spiro atoms. The Balaban J connectivity index is 2.18. The smallest absolute Gasteiger partial charge is 0.271 e. The number of hydrazone groups is 1. The summed E-state index contributed by atoms with van der Waals surface area (Å²) in [5, 5.41) is 24.8. The minimum atomic E-state index is -0.615. The van der Waals surface area contributed by atoms with Gasteiger partial charge in [0.2, 0.25) is 0 Å². The summed E-state index contributed by atoms with van der Waals surface area (Å²) < 4.78 is 0.133. The van der Waals surface area contributed by atoms with Gasteiger partial charge in [0.05, 0.1) is 25.7 Å². The van der Waals surface area contributed by atoms with Crippen LogP contribution in [-0.4, -0.2) is 22.2 Å². The zero-order valence-corrected chi connectivity index (χ0v) is 14.8. The van der Waals surface area contributed by atoms with Crippen LogP contribution in [-0.2, 0) is 0 Å². The van der Waals surface area contributed by atoms with Gasteiger partial charge in [-0.2, -0.15) is 5.10 Å². The maximum Gasteiger partial charge on any atom is 0.271 e. The molecule has 0 bridgehead atoms. The highest BCUT2D eigenvalue weighted by molar-refractivity contribution is 9.10. The number of phenolic OH excluding ortho intramolecular Hbond substituents is 1. The SMILES string of the molecule is O=C(N/N=C\c1cc([N+](=O)[O-])cc(Br)c1O)c1ccc(Cl)c(Cl)c1. The van der Waals surface area contributed by atoms with Gasteiger partial charge in [0.25, 0.3) is 11.6 Å². The third-order valence-corrected chi connectivity index (χ3v) is 4.18.